The van der Waals surface area contributed by atoms with Crippen molar-refractivity contribution in [2.45, 2.75) is 44.8 Å². The summed E-state index contributed by atoms with van der Waals surface area (Å²) in [4.78, 5) is 19.7. The highest BCUT2D eigenvalue weighted by Crippen LogP contribution is 2.47. The molecule has 2 aromatic heterocycles. The molecule has 0 N–H and O–H groups in total. The average molecular weight is 403 g/mol. The van der Waals surface area contributed by atoms with Crippen molar-refractivity contribution in [2.75, 3.05) is 6.54 Å². The molecule has 6 nitrogen and oxygen atoms in total. The van der Waals surface area contributed by atoms with Crippen LogP contribution in [0.25, 0.3) is 10.9 Å². The first-order valence-electron chi connectivity index (χ1n) is 11.0. The van der Waals surface area contributed by atoms with Gasteiger partial charge in [-0.3, -0.25) is 9.78 Å². The minimum atomic E-state index is 0.00928. The van der Waals surface area contributed by atoms with Crippen molar-refractivity contribution in [1.29, 1.82) is 0 Å². The number of hydrogen-bond acceptors (Lipinski definition) is 5. The Bertz CT molecular complexity index is 1070. The lowest BCUT2D eigenvalue weighted by Gasteiger charge is -2.38. The Morgan fingerprint density at radius 3 is 2.73 bits per heavy atom. The van der Waals surface area contributed by atoms with Crippen LogP contribution < -0.4 is 4.74 Å². The van der Waals surface area contributed by atoms with Gasteiger partial charge >= 0.3 is 0 Å². The number of rotatable bonds is 4. The van der Waals surface area contributed by atoms with Gasteiger partial charge in [0.25, 0.3) is 5.91 Å². The number of benzene rings is 1. The number of nitrogens with zero attached hydrogens (tertiary/aromatic N) is 3. The van der Waals surface area contributed by atoms with Gasteiger partial charge in [0.2, 0.25) is 0 Å². The van der Waals surface area contributed by atoms with Gasteiger partial charge in [-0.15, -0.1) is 0 Å². The summed E-state index contributed by atoms with van der Waals surface area (Å²) in [6.45, 7) is 1.09. The molecule has 4 atom stereocenters. The maximum absolute atomic E-state index is 13.2. The maximum atomic E-state index is 13.2. The lowest BCUT2D eigenvalue weighted by Crippen LogP contribution is -2.42. The third-order valence-electron chi connectivity index (χ3n) is 7.11. The second-order valence-electron chi connectivity index (χ2n) is 9.19. The van der Waals surface area contributed by atoms with Crippen molar-refractivity contribution in [3.8, 4) is 5.75 Å². The summed E-state index contributed by atoms with van der Waals surface area (Å²) >= 11 is 0. The van der Waals surface area contributed by atoms with E-state index in [0.29, 0.717) is 29.2 Å². The molecule has 154 valence electrons. The van der Waals surface area contributed by atoms with Crippen molar-refractivity contribution < 1.29 is 14.1 Å². The molecule has 2 saturated heterocycles. The lowest BCUT2D eigenvalue weighted by atomic mass is 9.68. The number of hydrogen-bond donors (Lipinski definition) is 0. The second kappa shape index (κ2) is 7.11. The van der Waals surface area contributed by atoms with Gasteiger partial charge in [-0.25, -0.2) is 0 Å². The molecular formula is C24H25N3O3. The predicted molar refractivity (Wildman–Crippen MR) is 111 cm³/mol. The van der Waals surface area contributed by atoms with Gasteiger partial charge in [0.15, 0.2) is 11.5 Å². The Morgan fingerprint density at radius 2 is 1.87 bits per heavy atom. The van der Waals surface area contributed by atoms with E-state index in [1.807, 2.05) is 30.3 Å². The molecule has 4 bridgehead atoms. The molecule has 3 aromatic rings. The summed E-state index contributed by atoms with van der Waals surface area (Å²) in [5.74, 6) is 3.51. The molecule has 2 aliphatic heterocycles. The van der Waals surface area contributed by atoms with Gasteiger partial charge < -0.3 is 14.2 Å². The zero-order valence-corrected chi connectivity index (χ0v) is 16.9. The Balaban J connectivity index is 1.17. The number of pyridine rings is 1. The van der Waals surface area contributed by atoms with E-state index in [1.165, 1.54) is 19.3 Å². The van der Waals surface area contributed by atoms with Crippen LogP contribution in [0.4, 0.5) is 0 Å². The summed E-state index contributed by atoms with van der Waals surface area (Å²) in [6.07, 6.45) is 7.99. The SMILES string of the molecule is O=C(c1cc(COc2cccc3cccnc23)on1)N1CC2C[C@@H]3CC1C[C@H](C2)C3. The molecule has 4 fully saturated rings. The van der Waals surface area contributed by atoms with E-state index in [4.69, 9.17) is 9.26 Å². The molecule has 2 saturated carbocycles. The number of ether oxygens (including phenoxy) is 1. The summed E-state index contributed by atoms with van der Waals surface area (Å²) in [5, 5.41) is 5.10. The van der Waals surface area contributed by atoms with E-state index in [-0.39, 0.29) is 12.5 Å². The topological polar surface area (TPSA) is 68.5 Å². The highest BCUT2D eigenvalue weighted by atomic mass is 16.5. The smallest absolute Gasteiger partial charge is 0.276 e. The van der Waals surface area contributed by atoms with Gasteiger partial charge in [-0.05, 0) is 62.0 Å². The van der Waals surface area contributed by atoms with E-state index in [2.05, 4.69) is 15.0 Å². The van der Waals surface area contributed by atoms with E-state index in [9.17, 15) is 4.79 Å². The zero-order valence-electron chi connectivity index (χ0n) is 16.9. The number of fused-ring (bicyclic) bond motifs is 2. The fourth-order valence-electron chi connectivity index (χ4n) is 6.00. The van der Waals surface area contributed by atoms with Crippen LogP contribution in [0.5, 0.6) is 5.75 Å². The van der Waals surface area contributed by atoms with Crippen molar-refractivity contribution in [3.05, 3.63) is 54.0 Å². The second-order valence-corrected chi connectivity index (χ2v) is 9.19. The Hall–Kier alpha value is -2.89. The number of carbonyl (C=O) groups excluding carboxylic acids is 1. The van der Waals surface area contributed by atoms with Crippen molar-refractivity contribution in [1.82, 2.24) is 15.0 Å². The van der Waals surface area contributed by atoms with Crippen molar-refractivity contribution in [3.63, 3.8) is 0 Å². The molecule has 4 heterocycles. The summed E-state index contributed by atoms with van der Waals surface area (Å²) in [6, 6.07) is 11.8. The third kappa shape index (κ3) is 3.15. The lowest BCUT2D eigenvalue weighted by molar-refractivity contribution is 0.0622. The molecule has 1 aromatic carbocycles. The van der Waals surface area contributed by atoms with Crippen LogP contribution in [0.1, 0.15) is 48.4 Å². The molecule has 6 heteroatoms. The van der Waals surface area contributed by atoms with Crippen LogP contribution in [0.15, 0.2) is 47.1 Å². The minimum Gasteiger partial charge on any atom is -0.483 e. The van der Waals surface area contributed by atoms with E-state index in [0.717, 1.165) is 42.1 Å². The Kier molecular flexibility index (Phi) is 4.25. The van der Waals surface area contributed by atoms with E-state index in [1.54, 1.807) is 12.3 Å². The van der Waals surface area contributed by atoms with Gasteiger partial charge in [0, 0.05) is 30.2 Å². The first-order chi connectivity index (χ1) is 14.7. The fourth-order valence-corrected chi connectivity index (χ4v) is 6.00. The highest BCUT2D eigenvalue weighted by molar-refractivity contribution is 5.92. The molecule has 4 aliphatic rings. The summed E-state index contributed by atoms with van der Waals surface area (Å²) in [5.41, 5.74) is 1.21. The third-order valence-corrected chi connectivity index (χ3v) is 7.11. The fraction of sp³-hybridized carbons (Fsp3) is 0.458. The summed E-state index contributed by atoms with van der Waals surface area (Å²) in [7, 11) is 0. The average Bonchev–Trinajstić information content (AvgIpc) is 3.15. The predicted octanol–water partition coefficient (Wildman–Crippen LogP) is 4.45. The van der Waals surface area contributed by atoms with Crippen molar-refractivity contribution >= 4 is 16.8 Å². The van der Waals surface area contributed by atoms with Gasteiger partial charge in [0.1, 0.15) is 17.9 Å². The Morgan fingerprint density at radius 1 is 1.07 bits per heavy atom. The number of carbonyl (C=O) groups is 1. The number of aromatic nitrogens is 2. The van der Waals surface area contributed by atoms with Crippen LogP contribution in [0.2, 0.25) is 0 Å². The molecular weight excluding hydrogens is 378 g/mol. The monoisotopic (exact) mass is 403 g/mol. The number of para-hydroxylation sites is 1. The first-order valence-corrected chi connectivity index (χ1v) is 11.0. The van der Waals surface area contributed by atoms with Gasteiger partial charge in [-0.1, -0.05) is 23.4 Å². The molecule has 2 unspecified atom stereocenters. The van der Waals surface area contributed by atoms with E-state index < -0.39 is 0 Å². The zero-order chi connectivity index (χ0) is 20.1. The maximum Gasteiger partial charge on any atom is 0.276 e. The number of amides is 1. The molecule has 1 amide bonds. The molecule has 2 aliphatic carbocycles. The minimum absolute atomic E-state index is 0.00928. The van der Waals surface area contributed by atoms with Gasteiger partial charge in [0.05, 0.1) is 0 Å². The van der Waals surface area contributed by atoms with E-state index >= 15 is 0 Å². The van der Waals surface area contributed by atoms with Crippen LogP contribution in [0, 0.1) is 17.8 Å². The van der Waals surface area contributed by atoms with Crippen LogP contribution in [-0.2, 0) is 6.61 Å². The Labute approximate surface area is 175 Å². The highest BCUT2D eigenvalue weighted by Gasteiger charge is 2.44. The molecule has 0 spiro atoms. The van der Waals surface area contributed by atoms with Crippen LogP contribution >= 0.6 is 0 Å². The normalized spacial score (nSPS) is 27.4. The van der Waals surface area contributed by atoms with Crippen LogP contribution in [-0.4, -0.2) is 33.5 Å². The molecule has 30 heavy (non-hydrogen) atoms. The molecule has 0 radical (unpaired) electrons. The quantitative estimate of drug-likeness (QED) is 0.644. The summed E-state index contributed by atoms with van der Waals surface area (Å²) < 4.78 is 11.4. The molecule has 7 rings (SSSR count). The van der Waals surface area contributed by atoms with Crippen molar-refractivity contribution in [2.24, 2.45) is 17.8 Å². The standard InChI is InChI=1S/C24H25N3O3/c28-24(27-13-17-8-15-7-16(9-17)11-19(27)10-15)21-12-20(30-26-21)14-29-22-5-1-3-18-4-2-6-25-23(18)22/h1-6,12,15-17,19H,7-11,13-14H2/t15-,16+,17?,19?. The van der Waals surface area contributed by atoms with Crippen LogP contribution in [0.3, 0.4) is 0 Å². The first kappa shape index (κ1) is 17.9. The van der Waals surface area contributed by atoms with Gasteiger partial charge in [-0.2, -0.15) is 0 Å². The largest absolute Gasteiger partial charge is 0.483 e.